The average molecular weight is 474 g/mol. The summed E-state index contributed by atoms with van der Waals surface area (Å²) in [7, 11) is 0. The monoisotopic (exact) mass is 473 g/mol. The van der Waals surface area contributed by atoms with E-state index in [9.17, 15) is 4.79 Å². The molecule has 0 spiro atoms. The zero-order chi connectivity index (χ0) is 23.8. The van der Waals surface area contributed by atoms with E-state index in [4.69, 9.17) is 21.3 Å². The lowest BCUT2D eigenvalue weighted by Crippen LogP contribution is -2.25. The van der Waals surface area contributed by atoms with Crippen LogP contribution in [0.4, 0.5) is 5.69 Å². The second-order valence-electron chi connectivity index (χ2n) is 9.12. The van der Waals surface area contributed by atoms with Crippen molar-refractivity contribution in [3.63, 3.8) is 0 Å². The molecule has 34 heavy (non-hydrogen) atoms. The number of hydrogen-bond donors (Lipinski definition) is 0. The number of rotatable bonds is 6. The van der Waals surface area contributed by atoms with Gasteiger partial charge in [0, 0.05) is 29.6 Å². The number of carbonyl (C=O) groups is 1. The number of halogens is 1. The van der Waals surface area contributed by atoms with Crippen LogP contribution < -0.4 is 9.64 Å². The standard InChI is InChI=1S/C28H28ClN3O2/c1-18-12-19(2)14-22(13-18)32-17-21(16-27(32)33)28-30-25-6-4-5-7-26(25)31(28)10-11-34-23-8-9-24(29)20(3)15-23/h4-9,12-15,21H,10-11,16-17H2,1-3H3. The molecule has 174 valence electrons. The number of carbonyl (C=O) groups excluding carboxylic acids is 1. The highest BCUT2D eigenvalue weighted by molar-refractivity contribution is 6.31. The minimum atomic E-state index is 0.0264. The predicted octanol–water partition coefficient (Wildman–Crippen LogP) is 6.21. The Labute approximate surface area is 204 Å². The molecule has 2 heterocycles. The molecule has 0 aliphatic carbocycles. The average Bonchev–Trinajstić information content (AvgIpc) is 3.36. The van der Waals surface area contributed by atoms with Crippen molar-refractivity contribution in [3.05, 3.63) is 88.2 Å². The Bertz CT molecular complexity index is 1360. The van der Waals surface area contributed by atoms with Crippen molar-refractivity contribution < 1.29 is 9.53 Å². The molecule has 1 fully saturated rings. The van der Waals surface area contributed by atoms with Crippen LogP contribution in [0, 0.1) is 20.8 Å². The van der Waals surface area contributed by atoms with Crippen LogP contribution >= 0.6 is 11.6 Å². The maximum absolute atomic E-state index is 13.0. The lowest BCUT2D eigenvalue weighted by atomic mass is 10.1. The Morgan fingerprint density at radius 2 is 1.79 bits per heavy atom. The molecule has 5 nitrogen and oxygen atoms in total. The van der Waals surface area contributed by atoms with E-state index in [1.807, 2.05) is 48.2 Å². The molecule has 0 radical (unpaired) electrons. The molecule has 0 N–H and O–H groups in total. The minimum absolute atomic E-state index is 0.0264. The minimum Gasteiger partial charge on any atom is -0.492 e. The molecule has 0 bridgehead atoms. The molecule has 6 heteroatoms. The normalized spacial score (nSPS) is 15.9. The molecule has 5 rings (SSSR count). The van der Waals surface area contributed by atoms with Gasteiger partial charge in [0.15, 0.2) is 0 Å². The van der Waals surface area contributed by atoms with Crippen LogP contribution in [-0.2, 0) is 11.3 Å². The summed E-state index contributed by atoms with van der Waals surface area (Å²) < 4.78 is 8.24. The maximum Gasteiger partial charge on any atom is 0.227 e. The number of nitrogens with zero attached hydrogens (tertiary/aromatic N) is 3. The van der Waals surface area contributed by atoms with Crippen molar-refractivity contribution in [3.8, 4) is 5.75 Å². The number of ether oxygens (including phenoxy) is 1. The third-order valence-corrected chi connectivity index (χ3v) is 6.83. The molecular weight excluding hydrogens is 446 g/mol. The first-order valence-corrected chi connectivity index (χ1v) is 12.0. The summed E-state index contributed by atoms with van der Waals surface area (Å²) in [5, 5.41) is 0.731. The molecule has 1 aromatic heterocycles. The summed E-state index contributed by atoms with van der Waals surface area (Å²) >= 11 is 6.14. The molecule has 1 amide bonds. The van der Waals surface area contributed by atoms with Crippen molar-refractivity contribution in [2.75, 3.05) is 18.1 Å². The van der Waals surface area contributed by atoms with Gasteiger partial charge < -0.3 is 14.2 Å². The smallest absolute Gasteiger partial charge is 0.227 e. The van der Waals surface area contributed by atoms with Crippen LogP contribution in [0.5, 0.6) is 5.75 Å². The first-order chi connectivity index (χ1) is 16.4. The number of anilines is 1. The number of hydrogen-bond acceptors (Lipinski definition) is 3. The fraction of sp³-hybridized carbons (Fsp3) is 0.286. The topological polar surface area (TPSA) is 47.4 Å². The van der Waals surface area contributed by atoms with Gasteiger partial charge >= 0.3 is 0 Å². The second-order valence-corrected chi connectivity index (χ2v) is 9.53. The summed E-state index contributed by atoms with van der Waals surface area (Å²) in [6.45, 7) is 7.87. The van der Waals surface area contributed by atoms with Gasteiger partial charge in [0.25, 0.3) is 0 Å². The van der Waals surface area contributed by atoms with Crippen LogP contribution in [0.1, 0.15) is 34.9 Å². The quantitative estimate of drug-likeness (QED) is 0.334. The highest BCUT2D eigenvalue weighted by Crippen LogP contribution is 2.34. The van der Waals surface area contributed by atoms with Crippen molar-refractivity contribution in [1.29, 1.82) is 0 Å². The molecule has 0 saturated carbocycles. The van der Waals surface area contributed by atoms with Crippen LogP contribution in [0.15, 0.2) is 60.7 Å². The Balaban J connectivity index is 1.40. The largest absolute Gasteiger partial charge is 0.492 e. The summed E-state index contributed by atoms with van der Waals surface area (Å²) in [4.78, 5) is 19.9. The Kier molecular flexibility index (Phi) is 6.05. The molecule has 1 aliphatic rings. The van der Waals surface area contributed by atoms with E-state index >= 15 is 0 Å². The van der Waals surface area contributed by atoms with E-state index in [0.29, 0.717) is 26.1 Å². The van der Waals surface area contributed by atoms with Gasteiger partial charge in [-0.1, -0.05) is 29.8 Å². The molecule has 1 atom stereocenters. The zero-order valence-electron chi connectivity index (χ0n) is 19.7. The number of para-hydroxylation sites is 2. The highest BCUT2D eigenvalue weighted by Gasteiger charge is 2.35. The first-order valence-electron chi connectivity index (χ1n) is 11.6. The molecule has 4 aromatic rings. The Morgan fingerprint density at radius 3 is 2.56 bits per heavy atom. The fourth-order valence-electron chi connectivity index (χ4n) is 4.84. The fourth-order valence-corrected chi connectivity index (χ4v) is 4.96. The number of aryl methyl sites for hydroxylation is 3. The van der Waals surface area contributed by atoms with Gasteiger partial charge in [-0.05, 0) is 79.9 Å². The summed E-state index contributed by atoms with van der Waals surface area (Å²) in [6, 6.07) is 20.1. The number of fused-ring (bicyclic) bond motifs is 1. The maximum atomic E-state index is 13.0. The van der Waals surface area contributed by atoms with Crippen molar-refractivity contribution in [1.82, 2.24) is 9.55 Å². The highest BCUT2D eigenvalue weighted by atomic mass is 35.5. The molecule has 1 unspecified atom stereocenters. The van der Waals surface area contributed by atoms with E-state index in [-0.39, 0.29) is 11.8 Å². The Morgan fingerprint density at radius 1 is 1.03 bits per heavy atom. The van der Waals surface area contributed by atoms with Crippen LogP contribution in [0.3, 0.4) is 0 Å². The predicted molar refractivity (Wildman–Crippen MR) is 137 cm³/mol. The molecule has 3 aromatic carbocycles. The molecule has 1 aliphatic heterocycles. The van der Waals surface area contributed by atoms with Crippen LogP contribution in [0.2, 0.25) is 5.02 Å². The van der Waals surface area contributed by atoms with Gasteiger partial charge in [0.1, 0.15) is 18.2 Å². The summed E-state index contributed by atoms with van der Waals surface area (Å²) in [5.41, 5.74) is 6.28. The van der Waals surface area contributed by atoms with Gasteiger partial charge in [0.05, 0.1) is 17.6 Å². The van der Waals surface area contributed by atoms with E-state index in [2.05, 4.69) is 42.7 Å². The van der Waals surface area contributed by atoms with E-state index < -0.39 is 0 Å². The lowest BCUT2D eigenvalue weighted by molar-refractivity contribution is -0.117. The number of benzene rings is 3. The Hall–Kier alpha value is -3.31. The number of imidazole rings is 1. The third-order valence-electron chi connectivity index (χ3n) is 6.41. The van der Waals surface area contributed by atoms with E-state index in [0.717, 1.165) is 50.0 Å². The van der Waals surface area contributed by atoms with Crippen LogP contribution in [0.25, 0.3) is 11.0 Å². The molecular formula is C28H28ClN3O2. The number of amides is 1. The van der Waals surface area contributed by atoms with Crippen LogP contribution in [-0.4, -0.2) is 28.6 Å². The van der Waals surface area contributed by atoms with E-state index in [1.165, 1.54) is 0 Å². The first kappa shape index (κ1) is 22.5. The van der Waals surface area contributed by atoms with Gasteiger partial charge in [0.2, 0.25) is 5.91 Å². The van der Waals surface area contributed by atoms with Gasteiger partial charge in [-0.15, -0.1) is 0 Å². The van der Waals surface area contributed by atoms with Gasteiger partial charge in [-0.3, -0.25) is 4.79 Å². The van der Waals surface area contributed by atoms with Crippen molar-refractivity contribution >= 4 is 34.2 Å². The summed E-state index contributed by atoms with van der Waals surface area (Å²) in [6.07, 6.45) is 0.452. The number of aromatic nitrogens is 2. The van der Waals surface area contributed by atoms with E-state index in [1.54, 1.807) is 0 Å². The van der Waals surface area contributed by atoms with Gasteiger partial charge in [-0.25, -0.2) is 4.98 Å². The second kappa shape index (κ2) is 9.15. The SMILES string of the molecule is Cc1cc(C)cc(N2CC(c3nc4ccccc4n3CCOc3ccc(Cl)c(C)c3)CC2=O)c1. The lowest BCUT2D eigenvalue weighted by Gasteiger charge is -2.19. The molecule has 1 saturated heterocycles. The van der Waals surface area contributed by atoms with Crippen molar-refractivity contribution in [2.45, 2.75) is 39.7 Å². The zero-order valence-corrected chi connectivity index (χ0v) is 20.5. The third kappa shape index (κ3) is 4.40. The van der Waals surface area contributed by atoms with Crippen molar-refractivity contribution in [2.24, 2.45) is 0 Å². The van der Waals surface area contributed by atoms with Gasteiger partial charge in [-0.2, -0.15) is 0 Å². The summed E-state index contributed by atoms with van der Waals surface area (Å²) in [5.74, 6) is 1.90.